The molecule has 0 amide bonds. The van der Waals surface area contributed by atoms with Gasteiger partial charge in [-0.15, -0.1) is 0 Å². The van der Waals surface area contributed by atoms with Crippen molar-refractivity contribution in [2.75, 3.05) is 4.90 Å². The van der Waals surface area contributed by atoms with Gasteiger partial charge in [-0.05, 0) is 125 Å². The number of rotatable bonds is 5. The van der Waals surface area contributed by atoms with Crippen molar-refractivity contribution in [3.8, 4) is 61.3 Å². The smallest absolute Gasteiger partial charge is 0.0755 e. The van der Waals surface area contributed by atoms with E-state index in [4.69, 9.17) is 0 Å². The van der Waals surface area contributed by atoms with Gasteiger partial charge in [-0.2, -0.15) is 0 Å². The van der Waals surface area contributed by atoms with Crippen LogP contribution in [0.1, 0.15) is 44.5 Å². The molecule has 17 rings (SSSR count). The van der Waals surface area contributed by atoms with Crippen LogP contribution in [0.5, 0.6) is 0 Å². The largest absolute Gasteiger partial charge is 0.309 e. The second-order valence-electron chi connectivity index (χ2n) is 20.9. The summed E-state index contributed by atoms with van der Waals surface area (Å²) in [5.74, 6) is 0. The van der Waals surface area contributed by atoms with E-state index in [-0.39, 0.29) is 0 Å². The number of hydrogen-bond acceptors (Lipinski definition) is 1. The van der Waals surface area contributed by atoms with E-state index in [9.17, 15) is 0 Å². The standard InChI is InChI=1S/C74H46N2/c1-2-22-47(23-3-1)49-24-4-5-25-50(49)55-30-11-18-41-67(55)75(70-43-21-39-64-71(70)58-32-10-17-38-63(58)73(64)59-34-13-6-26-51(59)52-27-7-14-35-60(52)73)48-44-45-69-66(46-48)74(61-36-15-8-28-53(61)54-29-9-16-37-62(54)74)65-40-20-33-57-56-31-12-19-42-68(56)76(69)72(57)65/h1-46H. The molecule has 13 aromatic rings. The average molecular weight is 963 g/mol. The minimum Gasteiger partial charge on any atom is -0.309 e. The van der Waals surface area contributed by atoms with Crippen LogP contribution >= 0.6 is 0 Å². The molecule has 0 unspecified atom stereocenters. The Morgan fingerprint density at radius 3 is 1.38 bits per heavy atom. The molecule has 1 aromatic heterocycles. The molecule has 3 aliphatic carbocycles. The van der Waals surface area contributed by atoms with E-state index in [0.29, 0.717) is 0 Å². The zero-order valence-corrected chi connectivity index (χ0v) is 41.5. The number of hydrogen-bond donors (Lipinski definition) is 0. The first-order chi connectivity index (χ1) is 37.8. The van der Waals surface area contributed by atoms with Crippen molar-refractivity contribution in [3.05, 3.63) is 324 Å². The summed E-state index contributed by atoms with van der Waals surface area (Å²) in [6, 6.07) is 105. The summed E-state index contributed by atoms with van der Waals surface area (Å²) in [7, 11) is 0. The van der Waals surface area contributed by atoms with Crippen molar-refractivity contribution >= 4 is 38.9 Å². The molecular weight excluding hydrogens is 917 g/mol. The molecule has 0 fully saturated rings. The molecule has 0 atom stereocenters. The quantitative estimate of drug-likeness (QED) is 0.167. The third-order valence-electron chi connectivity index (χ3n) is 17.6. The zero-order chi connectivity index (χ0) is 49.7. The van der Waals surface area contributed by atoms with Crippen LogP contribution in [0, 0.1) is 0 Å². The molecule has 2 nitrogen and oxygen atoms in total. The predicted octanol–water partition coefficient (Wildman–Crippen LogP) is 18.6. The molecule has 2 heteroatoms. The first kappa shape index (κ1) is 41.7. The third-order valence-corrected chi connectivity index (χ3v) is 17.6. The third kappa shape index (κ3) is 5.16. The Bertz CT molecular complexity index is 4520. The van der Waals surface area contributed by atoms with Gasteiger partial charge in [0.1, 0.15) is 0 Å². The number of fused-ring (bicyclic) bond motifs is 22. The second kappa shape index (κ2) is 15.4. The van der Waals surface area contributed by atoms with E-state index in [1.54, 1.807) is 0 Å². The van der Waals surface area contributed by atoms with Gasteiger partial charge < -0.3 is 9.47 Å². The molecule has 352 valence electrons. The van der Waals surface area contributed by atoms with Crippen LogP contribution < -0.4 is 4.90 Å². The number of benzene rings is 12. The number of para-hydroxylation sites is 3. The highest BCUT2D eigenvalue weighted by molar-refractivity contribution is 6.13. The molecule has 0 saturated heterocycles. The van der Waals surface area contributed by atoms with E-state index < -0.39 is 10.8 Å². The number of aromatic nitrogens is 1. The van der Waals surface area contributed by atoms with Gasteiger partial charge in [0, 0.05) is 27.6 Å². The molecule has 0 bridgehead atoms. The van der Waals surface area contributed by atoms with Crippen LogP contribution in [0.15, 0.2) is 279 Å². The lowest BCUT2D eigenvalue weighted by molar-refractivity contribution is 0.748. The number of anilines is 3. The van der Waals surface area contributed by atoms with E-state index in [2.05, 4.69) is 289 Å². The summed E-state index contributed by atoms with van der Waals surface area (Å²) in [6.45, 7) is 0. The Kier molecular flexibility index (Phi) is 8.44. The Hall–Kier alpha value is -9.76. The maximum absolute atomic E-state index is 2.61. The van der Waals surface area contributed by atoms with Crippen molar-refractivity contribution in [1.29, 1.82) is 0 Å². The van der Waals surface area contributed by atoms with Crippen LogP contribution in [0.2, 0.25) is 0 Å². The van der Waals surface area contributed by atoms with Gasteiger partial charge in [0.05, 0.1) is 38.9 Å². The van der Waals surface area contributed by atoms with Crippen molar-refractivity contribution in [3.63, 3.8) is 0 Å². The van der Waals surface area contributed by atoms with Gasteiger partial charge in [0.25, 0.3) is 0 Å². The molecule has 0 saturated carbocycles. The van der Waals surface area contributed by atoms with Crippen LogP contribution in [-0.2, 0) is 10.8 Å². The van der Waals surface area contributed by atoms with Crippen molar-refractivity contribution < 1.29 is 0 Å². The first-order valence-electron chi connectivity index (χ1n) is 26.6. The second-order valence-corrected chi connectivity index (χ2v) is 20.9. The average Bonchev–Trinajstić information content (AvgIpc) is 4.26. The minimum atomic E-state index is -0.625. The molecule has 76 heavy (non-hydrogen) atoms. The predicted molar refractivity (Wildman–Crippen MR) is 313 cm³/mol. The van der Waals surface area contributed by atoms with Crippen LogP contribution in [-0.4, -0.2) is 4.57 Å². The van der Waals surface area contributed by atoms with Crippen LogP contribution in [0.3, 0.4) is 0 Å². The Balaban J connectivity index is 1.01. The van der Waals surface area contributed by atoms with E-state index in [0.717, 1.165) is 22.6 Å². The summed E-state index contributed by atoms with van der Waals surface area (Å²) >= 11 is 0. The lowest BCUT2D eigenvalue weighted by atomic mass is 9.65. The fourth-order valence-corrected chi connectivity index (χ4v) is 14.9. The minimum absolute atomic E-state index is 0.512. The van der Waals surface area contributed by atoms with Gasteiger partial charge in [0.15, 0.2) is 0 Å². The molecule has 1 aliphatic heterocycles. The van der Waals surface area contributed by atoms with Gasteiger partial charge in [-0.1, -0.05) is 243 Å². The Morgan fingerprint density at radius 2 is 0.724 bits per heavy atom. The summed E-state index contributed by atoms with van der Waals surface area (Å²) in [4.78, 5) is 2.61. The summed E-state index contributed by atoms with van der Waals surface area (Å²) in [6.07, 6.45) is 0. The molecule has 4 aliphatic rings. The summed E-state index contributed by atoms with van der Waals surface area (Å²) < 4.78 is 2.57. The lowest BCUT2D eigenvalue weighted by Crippen LogP contribution is -2.33. The Labute approximate surface area is 441 Å². The SMILES string of the molecule is c1ccc(-c2ccccc2-c2ccccc2N(c2ccc3c(c2)C2(c4ccccc4-c4ccccc42)c2cccc4c5ccccc5n-3c24)c2cccc3c2-c2ccccc2C32c3ccccc3-c3ccccc32)cc1. The topological polar surface area (TPSA) is 8.17 Å². The van der Waals surface area contributed by atoms with E-state index >= 15 is 0 Å². The van der Waals surface area contributed by atoms with Crippen LogP contribution in [0.25, 0.3) is 83.1 Å². The monoisotopic (exact) mass is 962 g/mol. The van der Waals surface area contributed by atoms with Gasteiger partial charge in [-0.25, -0.2) is 0 Å². The molecule has 0 radical (unpaired) electrons. The van der Waals surface area contributed by atoms with Crippen molar-refractivity contribution in [1.82, 2.24) is 4.57 Å². The fourth-order valence-electron chi connectivity index (χ4n) is 14.9. The van der Waals surface area contributed by atoms with E-state index in [1.165, 1.54) is 122 Å². The first-order valence-corrected chi connectivity index (χ1v) is 26.6. The van der Waals surface area contributed by atoms with Crippen LogP contribution in [0.4, 0.5) is 17.1 Å². The summed E-state index contributed by atoms with van der Waals surface area (Å²) in [5.41, 5.74) is 28.8. The highest BCUT2D eigenvalue weighted by atomic mass is 15.2. The fraction of sp³-hybridized carbons (Fsp3) is 0.0270. The normalized spacial score (nSPS) is 14.0. The number of nitrogens with zero attached hydrogens (tertiary/aromatic N) is 2. The van der Waals surface area contributed by atoms with Crippen molar-refractivity contribution in [2.24, 2.45) is 0 Å². The highest BCUT2D eigenvalue weighted by Crippen LogP contribution is 2.66. The van der Waals surface area contributed by atoms with Gasteiger partial charge in [-0.3, -0.25) is 0 Å². The highest BCUT2D eigenvalue weighted by Gasteiger charge is 2.54. The molecular formula is C74H46N2. The Morgan fingerprint density at radius 1 is 0.276 bits per heavy atom. The molecule has 2 spiro atoms. The molecule has 0 N–H and O–H groups in total. The van der Waals surface area contributed by atoms with Crippen molar-refractivity contribution in [2.45, 2.75) is 10.8 Å². The van der Waals surface area contributed by atoms with Gasteiger partial charge >= 0.3 is 0 Å². The van der Waals surface area contributed by atoms with E-state index in [1.807, 2.05) is 0 Å². The molecule has 12 aromatic carbocycles. The summed E-state index contributed by atoms with van der Waals surface area (Å²) in [5, 5.41) is 2.54. The lowest BCUT2D eigenvalue weighted by Gasteiger charge is -2.40. The maximum atomic E-state index is 2.61. The molecule has 2 heterocycles. The van der Waals surface area contributed by atoms with Gasteiger partial charge in [0.2, 0.25) is 0 Å². The zero-order valence-electron chi connectivity index (χ0n) is 41.5. The maximum Gasteiger partial charge on any atom is 0.0755 e.